The van der Waals surface area contributed by atoms with Gasteiger partial charge in [-0.05, 0) is 40.2 Å². The summed E-state index contributed by atoms with van der Waals surface area (Å²) in [5, 5.41) is 9.55. The average molecular weight is 301 g/mol. The van der Waals surface area contributed by atoms with Crippen LogP contribution in [-0.4, -0.2) is 16.1 Å². The molecule has 82 valence electrons. The first-order valence-corrected chi connectivity index (χ1v) is 5.59. The molecule has 0 atom stereocenters. The van der Waals surface area contributed by atoms with E-state index in [9.17, 15) is 4.79 Å². The first-order chi connectivity index (χ1) is 7.66. The van der Waals surface area contributed by atoms with E-state index in [4.69, 9.17) is 11.6 Å². The molecule has 0 aliphatic heterocycles. The fourth-order valence-electron chi connectivity index (χ4n) is 1.17. The highest BCUT2D eigenvalue weighted by atomic mass is 79.9. The van der Waals surface area contributed by atoms with Crippen molar-refractivity contribution in [2.75, 3.05) is 5.32 Å². The summed E-state index contributed by atoms with van der Waals surface area (Å²) in [5.41, 5.74) is 1.01. The minimum absolute atomic E-state index is 0.263. The number of anilines is 1. The average Bonchev–Trinajstić information content (AvgIpc) is 2.76. The van der Waals surface area contributed by atoms with Crippen molar-refractivity contribution in [3.8, 4) is 0 Å². The Hall–Kier alpha value is -1.33. The molecule has 2 rings (SSSR count). The zero-order chi connectivity index (χ0) is 11.5. The van der Waals surface area contributed by atoms with Crippen molar-refractivity contribution < 1.29 is 4.79 Å². The van der Waals surface area contributed by atoms with E-state index in [-0.39, 0.29) is 5.91 Å². The number of rotatable bonds is 2. The normalized spacial score (nSPS) is 10.1. The molecule has 1 aromatic carbocycles. The molecule has 0 saturated carbocycles. The smallest absolute Gasteiger partial charge is 0.273 e. The van der Waals surface area contributed by atoms with E-state index in [0.29, 0.717) is 16.4 Å². The number of halogens is 2. The van der Waals surface area contributed by atoms with Crippen molar-refractivity contribution in [1.29, 1.82) is 0 Å². The minimum atomic E-state index is -0.263. The third kappa shape index (κ3) is 2.43. The van der Waals surface area contributed by atoms with Gasteiger partial charge in [0.2, 0.25) is 0 Å². The molecule has 1 amide bonds. The van der Waals surface area contributed by atoms with Crippen LogP contribution in [0.1, 0.15) is 10.5 Å². The van der Waals surface area contributed by atoms with Crippen molar-refractivity contribution >= 4 is 39.1 Å². The third-order valence-electron chi connectivity index (χ3n) is 1.92. The Morgan fingerprint density at radius 2 is 2.25 bits per heavy atom. The van der Waals surface area contributed by atoms with Crippen LogP contribution in [0.4, 0.5) is 5.69 Å². The Labute approximate surface area is 105 Å². The summed E-state index contributed by atoms with van der Waals surface area (Å²) >= 11 is 9.16. The van der Waals surface area contributed by atoms with Gasteiger partial charge < -0.3 is 5.32 Å². The zero-order valence-electron chi connectivity index (χ0n) is 8.00. The third-order valence-corrected chi connectivity index (χ3v) is 2.85. The molecule has 0 bridgehead atoms. The molecule has 1 heterocycles. The van der Waals surface area contributed by atoms with Gasteiger partial charge in [-0.25, -0.2) is 0 Å². The summed E-state index contributed by atoms with van der Waals surface area (Å²) in [4.78, 5) is 11.7. The lowest BCUT2D eigenvalue weighted by Gasteiger charge is -2.06. The zero-order valence-corrected chi connectivity index (χ0v) is 10.3. The lowest BCUT2D eigenvalue weighted by atomic mass is 10.3. The molecular formula is C10H7BrClN3O. The molecule has 0 saturated heterocycles. The summed E-state index contributed by atoms with van der Waals surface area (Å²) in [6.07, 6.45) is 1.52. The standard InChI is InChI=1S/C10H7BrClN3O/c11-7-2-1-6(12)5-9(7)14-10(16)8-3-4-13-15-8/h1-5H,(H,13,15)(H,14,16). The maximum Gasteiger partial charge on any atom is 0.273 e. The topological polar surface area (TPSA) is 57.8 Å². The van der Waals surface area contributed by atoms with Crippen LogP contribution in [0.3, 0.4) is 0 Å². The van der Waals surface area contributed by atoms with Crippen LogP contribution in [0.15, 0.2) is 34.9 Å². The summed E-state index contributed by atoms with van der Waals surface area (Å²) in [6.45, 7) is 0. The van der Waals surface area contributed by atoms with Gasteiger partial charge in [-0.3, -0.25) is 9.89 Å². The number of benzene rings is 1. The van der Waals surface area contributed by atoms with E-state index in [1.54, 1.807) is 24.3 Å². The molecule has 0 unspecified atom stereocenters. The highest BCUT2D eigenvalue weighted by Crippen LogP contribution is 2.26. The number of aromatic nitrogens is 2. The molecule has 6 heteroatoms. The first kappa shape index (κ1) is 11.2. The van der Waals surface area contributed by atoms with E-state index in [2.05, 4.69) is 31.4 Å². The SMILES string of the molecule is O=C(Nc1cc(Cl)ccc1Br)c1ccn[nH]1. The first-order valence-electron chi connectivity index (χ1n) is 4.42. The number of hydrogen-bond acceptors (Lipinski definition) is 2. The highest BCUT2D eigenvalue weighted by Gasteiger charge is 2.09. The van der Waals surface area contributed by atoms with Crippen LogP contribution in [0.25, 0.3) is 0 Å². The van der Waals surface area contributed by atoms with Crippen LogP contribution in [-0.2, 0) is 0 Å². The van der Waals surface area contributed by atoms with Gasteiger partial charge in [-0.2, -0.15) is 5.10 Å². The fourth-order valence-corrected chi connectivity index (χ4v) is 1.68. The quantitative estimate of drug-likeness (QED) is 0.895. The van der Waals surface area contributed by atoms with Crippen LogP contribution >= 0.6 is 27.5 Å². The summed E-state index contributed by atoms with van der Waals surface area (Å²) in [6, 6.07) is 6.76. The monoisotopic (exact) mass is 299 g/mol. The lowest BCUT2D eigenvalue weighted by Crippen LogP contribution is -2.12. The lowest BCUT2D eigenvalue weighted by molar-refractivity contribution is 0.102. The number of hydrogen-bond donors (Lipinski definition) is 2. The minimum Gasteiger partial charge on any atom is -0.320 e. The molecular weight excluding hydrogens is 293 g/mol. The van der Waals surface area contributed by atoms with Crippen molar-refractivity contribution in [3.05, 3.63) is 45.7 Å². The summed E-state index contributed by atoms with van der Waals surface area (Å²) in [5.74, 6) is -0.263. The van der Waals surface area contributed by atoms with Gasteiger partial charge >= 0.3 is 0 Å². The molecule has 0 radical (unpaired) electrons. The largest absolute Gasteiger partial charge is 0.320 e. The van der Waals surface area contributed by atoms with Gasteiger partial charge in [0.1, 0.15) is 5.69 Å². The number of nitrogens with one attached hydrogen (secondary N) is 2. The molecule has 0 aliphatic carbocycles. The van der Waals surface area contributed by atoms with E-state index in [1.165, 1.54) is 6.20 Å². The van der Waals surface area contributed by atoms with Gasteiger partial charge in [0, 0.05) is 15.7 Å². The number of aromatic amines is 1. The van der Waals surface area contributed by atoms with Crippen molar-refractivity contribution in [2.24, 2.45) is 0 Å². The van der Waals surface area contributed by atoms with Crippen LogP contribution in [0.5, 0.6) is 0 Å². The molecule has 2 N–H and O–H groups in total. The second kappa shape index (κ2) is 4.67. The van der Waals surface area contributed by atoms with Gasteiger partial charge in [0.05, 0.1) is 5.69 Å². The predicted octanol–water partition coefficient (Wildman–Crippen LogP) is 3.08. The molecule has 4 nitrogen and oxygen atoms in total. The van der Waals surface area contributed by atoms with E-state index >= 15 is 0 Å². The predicted molar refractivity (Wildman–Crippen MR) is 65.7 cm³/mol. The van der Waals surface area contributed by atoms with Crippen molar-refractivity contribution in [1.82, 2.24) is 10.2 Å². The van der Waals surface area contributed by atoms with Crippen molar-refractivity contribution in [3.63, 3.8) is 0 Å². The maximum absolute atomic E-state index is 11.7. The van der Waals surface area contributed by atoms with Gasteiger partial charge in [0.15, 0.2) is 0 Å². The number of H-pyrrole nitrogens is 1. The van der Waals surface area contributed by atoms with Gasteiger partial charge in [-0.1, -0.05) is 11.6 Å². The number of nitrogens with zero attached hydrogens (tertiary/aromatic N) is 1. The van der Waals surface area contributed by atoms with Crippen LogP contribution in [0, 0.1) is 0 Å². The second-order valence-electron chi connectivity index (χ2n) is 3.05. The molecule has 2 aromatic rings. The van der Waals surface area contributed by atoms with E-state index in [1.807, 2.05) is 0 Å². The fraction of sp³-hybridized carbons (Fsp3) is 0. The second-order valence-corrected chi connectivity index (χ2v) is 4.34. The summed E-state index contributed by atoms with van der Waals surface area (Å²) in [7, 11) is 0. The number of amides is 1. The van der Waals surface area contributed by atoms with E-state index in [0.717, 1.165) is 4.47 Å². The molecule has 0 fully saturated rings. The Morgan fingerprint density at radius 3 is 2.94 bits per heavy atom. The Kier molecular flexibility index (Phi) is 3.26. The van der Waals surface area contributed by atoms with E-state index < -0.39 is 0 Å². The van der Waals surface area contributed by atoms with Crippen LogP contribution in [0.2, 0.25) is 5.02 Å². The molecule has 0 spiro atoms. The molecule has 0 aliphatic rings. The Morgan fingerprint density at radius 1 is 1.44 bits per heavy atom. The van der Waals surface area contributed by atoms with Crippen LogP contribution < -0.4 is 5.32 Å². The number of carbonyl (C=O) groups is 1. The van der Waals surface area contributed by atoms with Gasteiger partial charge in [-0.15, -0.1) is 0 Å². The number of carbonyl (C=O) groups excluding carboxylic acids is 1. The van der Waals surface area contributed by atoms with Gasteiger partial charge in [0.25, 0.3) is 5.91 Å². The maximum atomic E-state index is 11.7. The molecule has 16 heavy (non-hydrogen) atoms. The Bertz CT molecular complexity index is 513. The van der Waals surface area contributed by atoms with Crippen molar-refractivity contribution in [2.45, 2.75) is 0 Å². The molecule has 1 aromatic heterocycles. The Balaban J connectivity index is 2.21. The summed E-state index contributed by atoms with van der Waals surface area (Å²) < 4.78 is 0.768. The highest BCUT2D eigenvalue weighted by molar-refractivity contribution is 9.10.